The van der Waals surface area contributed by atoms with Gasteiger partial charge in [-0.2, -0.15) is 13.2 Å². The molecule has 3 saturated heterocycles. The van der Waals surface area contributed by atoms with Gasteiger partial charge in [0.15, 0.2) is 29.5 Å². The van der Waals surface area contributed by atoms with Gasteiger partial charge < -0.3 is 35.9 Å². The Morgan fingerprint density at radius 3 is 1.33 bits per heavy atom. The van der Waals surface area contributed by atoms with Gasteiger partial charge in [0.1, 0.15) is 0 Å². The van der Waals surface area contributed by atoms with Gasteiger partial charge in [0, 0.05) is 93.7 Å². The summed E-state index contributed by atoms with van der Waals surface area (Å²) in [6.45, 7) is 11.7. The Bertz CT molecular complexity index is 3700. The third-order valence-electron chi connectivity index (χ3n) is 17.2. The number of ether oxygens (including phenoxy) is 3. The number of pyridine rings is 3. The number of carbonyl (C=O) groups is 3. The zero-order valence-corrected chi connectivity index (χ0v) is 57.8. The van der Waals surface area contributed by atoms with Crippen molar-refractivity contribution in [3.05, 3.63) is 176 Å². The largest absolute Gasteiger partial charge is 0.446 e. The van der Waals surface area contributed by atoms with Gasteiger partial charge in [0.2, 0.25) is 6.29 Å². The van der Waals surface area contributed by atoms with Gasteiger partial charge in [0.05, 0.1) is 85.0 Å². The number of carbonyl (C=O) groups excluding carboxylic acids is 3. The first kappa shape index (κ1) is 76.4. The molecule has 6 unspecified atom stereocenters. The average molecular weight is 1440 g/mol. The summed E-state index contributed by atoms with van der Waals surface area (Å²) in [5.74, 6) is 2.63. The number of sulfone groups is 3. The van der Waals surface area contributed by atoms with Crippen LogP contribution in [0.4, 0.5) is 13.2 Å². The highest BCUT2D eigenvalue weighted by molar-refractivity contribution is 7.92. The third kappa shape index (κ3) is 21.8. The maximum absolute atomic E-state index is 12.6. The molecule has 19 nitrogen and oxygen atoms in total. The van der Waals surface area contributed by atoms with Crippen molar-refractivity contribution < 1.29 is 67.0 Å². The molecular weight excluding hydrogens is 1350 g/mol. The highest BCUT2D eigenvalue weighted by Crippen LogP contribution is 2.42. The minimum atomic E-state index is -4.64. The van der Waals surface area contributed by atoms with E-state index in [2.05, 4.69) is 37.0 Å². The zero-order chi connectivity index (χ0) is 68.9. The Morgan fingerprint density at radius 2 is 0.947 bits per heavy atom. The summed E-state index contributed by atoms with van der Waals surface area (Å²) in [5, 5.41) is 10.2. The number of aromatic nitrogens is 3. The molecule has 0 bridgehead atoms. The lowest BCUT2D eigenvalue weighted by Crippen LogP contribution is -2.24. The van der Waals surface area contributed by atoms with E-state index in [0.29, 0.717) is 81.6 Å². The number of halogens is 6. The lowest BCUT2D eigenvalue weighted by atomic mass is 9.89. The molecule has 516 valence electrons. The van der Waals surface area contributed by atoms with Crippen LogP contribution in [0.15, 0.2) is 124 Å². The molecule has 0 spiro atoms. The summed E-state index contributed by atoms with van der Waals surface area (Å²) >= 11 is 15.5. The second-order valence-electron chi connectivity index (χ2n) is 23.2. The van der Waals surface area contributed by atoms with E-state index in [0.717, 1.165) is 110 Å². The van der Waals surface area contributed by atoms with Crippen LogP contribution in [0.5, 0.6) is 0 Å². The molecule has 6 atom stereocenters. The van der Waals surface area contributed by atoms with Crippen molar-refractivity contribution in [1.82, 2.24) is 30.9 Å². The van der Waals surface area contributed by atoms with Gasteiger partial charge in [-0.15, -0.1) is 23.2 Å². The Kier molecular flexibility index (Phi) is 29.0. The highest BCUT2D eigenvalue weighted by atomic mass is 35.5. The predicted molar refractivity (Wildman–Crippen MR) is 358 cm³/mol. The molecule has 3 aromatic carbocycles. The monoisotopic (exact) mass is 1430 g/mol. The van der Waals surface area contributed by atoms with Crippen molar-refractivity contribution in [1.29, 1.82) is 0 Å². The molecule has 6 aliphatic rings. The van der Waals surface area contributed by atoms with Gasteiger partial charge in [-0.1, -0.05) is 68.8 Å². The van der Waals surface area contributed by atoms with Gasteiger partial charge in [-0.25, -0.2) is 25.3 Å². The van der Waals surface area contributed by atoms with E-state index >= 15 is 0 Å². The molecule has 0 radical (unpaired) electrons. The fourth-order valence-electron chi connectivity index (χ4n) is 11.9. The number of aldehydes is 1. The van der Waals surface area contributed by atoms with E-state index in [1.54, 1.807) is 112 Å². The first-order chi connectivity index (χ1) is 45.4. The van der Waals surface area contributed by atoms with Crippen LogP contribution in [0.2, 0.25) is 5.02 Å². The molecule has 0 saturated carbocycles. The molecule has 2 amide bonds. The Hall–Kier alpha value is -5.97. The second kappa shape index (κ2) is 36.0. The van der Waals surface area contributed by atoms with Crippen molar-refractivity contribution in [2.24, 2.45) is 23.5 Å². The summed E-state index contributed by atoms with van der Waals surface area (Å²) in [4.78, 5) is 48.5. The Labute approximate surface area is 569 Å². The average Bonchev–Trinajstić information content (AvgIpc) is 1.69. The van der Waals surface area contributed by atoms with Gasteiger partial charge >= 0.3 is 6.18 Å². The summed E-state index contributed by atoms with van der Waals surface area (Å²) in [7, 11) is -9.49. The molecule has 3 aromatic heterocycles. The maximum atomic E-state index is 12.6. The van der Waals surface area contributed by atoms with E-state index in [9.17, 15) is 48.0 Å². The van der Waals surface area contributed by atoms with E-state index in [1.165, 1.54) is 29.7 Å². The normalized spacial score (nSPS) is 20.0. The van der Waals surface area contributed by atoms with Gasteiger partial charge in [0.25, 0.3) is 11.8 Å². The number of amides is 2. The van der Waals surface area contributed by atoms with Crippen molar-refractivity contribution in [2.45, 2.75) is 131 Å². The maximum Gasteiger partial charge on any atom is 0.446 e. The summed E-state index contributed by atoms with van der Waals surface area (Å²) in [6.07, 6.45) is 7.05. The van der Waals surface area contributed by atoms with Crippen LogP contribution in [0.1, 0.15) is 142 Å². The number of aryl methyl sites for hydroxylation is 2. The topological polar surface area (TPSA) is 282 Å². The van der Waals surface area contributed by atoms with Crippen LogP contribution >= 0.6 is 34.8 Å². The Balaban J connectivity index is 0.000000179. The number of nitrogens with two attached hydrogens (primary N) is 1. The first-order valence-corrected chi connectivity index (χ1v) is 37.7. The number of nitrogens with one attached hydrogen (secondary N) is 3. The lowest BCUT2D eigenvalue weighted by molar-refractivity contribution is -0.156. The number of alkyl halides is 5. The molecule has 7 heterocycles. The summed E-state index contributed by atoms with van der Waals surface area (Å²) < 4.78 is 118. The van der Waals surface area contributed by atoms with E-state index in [1.807, 2.05) is 12.1 Å². The number of rotatable bonds is 16. The molecule has 12 rings (SSSR count). The van der Waals surface area contributed by atoms with Crippen LogP contribution in [0.25, 0.3) is 0 Å². The van der Waals surface area contributed by atoms with E-state index in [4.69, 9.17) is 59.5 Å². The van der Waals surface area contributed by atoms with E-state index in [-0.39, 0.29) is 40.5 Å². The first-order valence-electron chi connectivity index (χ1n) is 31.3. The van der Waals surface area contributed by atoms with Crippen LogP contribution in [-0.2, 0) is 87.5 Å². The van der Waals surface area contributed by atoms with Crippen LogP contribution in [0, 0.1) is 17.8 Å². The lowest BCUT2D eigenvalue weighted by Gasteiger charge is -2.17. The number of hydrogen-bond donors (Lipinski definition) is 4. The molecule has 28 heteroatoms. The SMILES string of the molecule is CCS(=O)(=O)c1ccc(CN)cc1.CCS(=O)(=O)c1ccc(CNC(=O)c2cnc3c(c2)CCC3C2CCOC2)cc1.CCS(=O)(=O)c1ccc(CNC(=O)c2cnc3c(c2)CNC3C2CCOC2)cc1.ClCCl.Clc1cnc2c(c1)CCC2C1CCOC1.O=CC(F)(F)F. The number of fused-ring (bicyclic) bond motifs is 3. The van der Waals surface area contributed by atoms with Crippen molar-refractivity contribution in [2.75, 3.05) is 62.2 Å². The quantitative estimate of drug-likeness (QED) is 0.0517. The minimum absolute atomic E-state index is 0.0674. The second-order valence-corrected chi connectivity index (χ2v) is 31.3. The van der Waals surface area contributed by atoms with Gasteiger partial charge in [-0.05, 0) is 145 Å². The molecule has 6 aromatic rings. The zero-order valence-electron chi connectivity index (χ0n) is 53.1. The number of hydrogen-bond acceptors (Lipinski definition) is 17. The Morgan fingerprint density at radius 1 is 0.579 bits per heavy atom. The molecule has 2 aliphatic carbocycles. The minimum Gasteiger partial charge on any atom is -0.381 e. The molecular formula is C67H81Cl3F3N7O12S3. The smallest absolute Gasteiger partial charge is 0.381 e. The van der Waals surface area contributed by atoms with Crippen molar-refractivity contribution >= 4 is 82.4 Å². The molecule has 4 aliphatic heterocycles. The van der Waals surface area contributed by atoms with Crippen molar-refractivity contribution in [3.8, 4) is 0 Å². The number of nitrogens with zero attached hydrogens (tertiary/aromatic N) is 3. The summed E-state index contributed by atoms with van der Waals surface area (Å²) in [6, 6.07) is 26.1. The standard InChI is InChI=1S/C22H26N2O4S.C21H25N3O4S.C12H14ClNO.C9H13NO2S.C2HF3O.CH2Cl2/c1-2-29(26,27)19-6-3-15(4-7-19)12-24-22(25)18-11-16-5-8-20(21(16)23-13-18)17-9-10-28-14-17;1-2-29(26,27)18-5-3-14(4-6-18)10-24-21(25)17-9-16-11-22-19(20(16)23-12-17)15-7-8-28-13-15;13-10-5-8-1-2-11(12(8)14-6-10)9-3-4-15-7-9;1-2-13(11,12)9-5-3-8(7-10)4-6-9;3-2(4,5)1-6;2-1-3/h3-4,6-7,11,13,17,20H,2,5,8-10,12,14H2,1H3,(H,24,25);3-6,9,12,15,19,22H,2,7-8,10-11,13H2,1H3,(H,24,25);5-6,9,11H,1-4,7H2;3-6H,2,7,10H2,1H3;1H;1H2. The highest BCUT2D eigenvalue weighted by Gasteiger charge is 2.36. The summed E-state index contributed by atoms with van der Waals surface area (Å²) in [5.41, 5.74) is 16.1. The third-order valence-corrected chi connectivity index (χ3v) is 22.7. The predicted octanol–water partition coefficient (Wildman–Crippen LogP) is 10.8. The fraction of sp³-hybridized carbons (Fsp3) is 0.463. The molecule has 3 fully saturated rings. The number of benzene rings is 3. The van der Waals surface area contributed by atoms with Gasteiger partial charge in [-0.3, -0.25) is 29.3 Å². The fourth-order valence-corrected chi connectivity index (χ4v) is 14.7. The van der Waals surface area contributed by atoms with Crippen LogP contribution < -0.4 is 21.7 Å². The van der Waals surface area contributed by atoms with Crippen LogP contribution in [-0.4, -0.2) is 127 Å². The molecule has 5 N–H and O–H groups in total. The van der Waals surface area contributed by atoms with Crippen LogP contribution in [0.3, 0.4) is 0 Å². The van der Waals surface area contributed by atoms with Crippen molar-refractivity contribution in [3.63, 3.8) is 0 Å². The van der Waals surface area contributed by atoms with E-state index < -0.39 is 42.0 Å². The molecule has 95 heavy (non-hydrogen) atoms.